The van der Waals surface area contributed by atoms with Crippen molar-refractivity contribution in [1.29, 1.82) is 0 Å². The van der Waals surface area contributed by atoms with Crippen molar-refractivity contribution in [1.82, 2.24) is 0 Å². The van der Waals surface area contributed by atoms with Crippen LogP contribution in [0.4, 0.5) is 4.39 Å². The number of halogens is 1. The molecule has 2 aromatic rings. The molecule has 17 heavy (non-hydrogen) atoms. The summed E-state index contributed by atoms with van der Waals surface area (Å²) in [4.78, 5) is 11.5. The fourth-order valence-corrected chi connectivity index (χ4v) is 1.87. The maximum Gasteiger partial charge on any atom is 0.160 e. The number of rotatable bonds is 2. The Morgan fingerprint density at radius 1 is 1.12 bits per heavy atom. The van der Waals surface area contributed by atoms with Crippen molar-refractivity contribution in [3.05, 3.63) is 59.4 Å². The van der Waals surface area contributed by atoms with E-state index < -0.39 is 0 Å². The molecule has 0 saturated carbocycles. The lowest BCUT2D eigenvalue weighted by Crippen LogP contribution is -1.97. The SMILES string of the molecule is CC(=O)c1cc(F)ccc1-c1cccc(C)c1. The summed E-state index contributed by atoms with van der Waals surface area (Å²) in [6.45, 7) is 3.44. The number of Topliss-reactive ketones (excluding diaryl/α,β-unsaturated/α-hetero) is 1. The monoisotopic (exact) mass is 228 g/mol. The molecule has 0 aliphatic heterocycles. The maximum absolute atomic E-state index is 13.2. The van der Waals surface area contributed by atoms with Crippen LogP contribution in [0.2, 0.25) is 0 Å². The fraction of sp³-hybridized carbons (Fsp3) is 0.133. The molecular formula is C15H13FO. The molecular weight excluding hydrogens is 215 g/mol. The summed E-state index contributed by atoms with van der Waals surface area (Å²) in [5.74, 6) is -0.507. The molecule has 2 heteroatoms. The minimum atomic E-state index is -0.383. The number of hydrogen-bond acceptors (Lipinski definition) is 1. The van der Waals surface area contributed by atoms with Crippen molar-refractivity contribution in [2.24, 2.45) is 0 Å². The van der Waals surface area contributed by atoms with Crippen LogP contribution < -0.4 is 0 Å². The summed E-state index contributed by atoms with van der Waals surface area (Å²) >= 11 is 0. The standard InChI is InChI=1S/C15H13FO/c1-10-4-3-5-12(8-10)14-7-6-13(16)9-15(14)11(2)17/h3-9H,1-2H3. The van der Waals surface area contributed by atoms with Gasteiger partial charge in [0.25, 0.3) is 0 Å². The Bertz CT molecular complexity index is 573. The lowest BCUT2D eigenvalue weighted by molar-refractivity contribution is 0.101. The normalized spacial score (nSPS) is 10.3. The van der Waals surface area contributed by atoms with Crippen molar-refractivity contribution in [3.63, 3.8) is 0 Å². The summed E-state index contributed by atoms with van der Waals surface area (Å²) in [5.41, 5.74) is 3.26. The van der Waals surface area contributed by atoms with Gasteiger partial charge in [-0.1, -0.05) is 35.9 Å². The van der Waals surface area contributed by atoms with Crippen molar-refractivity contribution in [3.8, 4) is 11.1 Å². The summed E-state index contributed by atoms with van der Waals surface area (Å²) in [5, 5.41) is 0. The highest BCUT2D eigenvalue weighted by Crippen LogP contribution is 2.25. The Hall–Kier alpha value is -1.96. The van der Waals surface area contributed by atoms with Crippen LogP contribution in [0.25, 0.3) is 11.1 Å². The van der Waals surface area contributed by atoms with Gasteiger partial charge in [-0.25, -0.2) is 4.39 Å². The van der Waals surface area contributed by atoms with Gasteiger partial charge in [-0.05, 0) is 37.1 Å². The number of hydrogen-bond donors (Lipinski definition) is 0. The van der Waals surface area contributed by atoms with Gasteiger partial charge in [-0.3, -0.25) is 4.79 Å². The molecule has 0 unspecified atom stereocenters. The second-order valence-electron chi connectivity index (χ2n) is 4.12. The molecule has 86 valence electrons. The Balaban J connectivity index is 2.63. The van der Waals surface area contributed by atoms with Gasteiger partial charge in [0.05, 0.1) is 0 Å². The van der Waals surface area contributed by atoms with Crippen LogP contribution in [0, 0.1) is 12.7 Å². The van der Waals surface area contributed by atoms with E-state index in [4.69, 9.17) is 0 Å². The van der Waals surface area contributed by atoms with Crippen molar-refractivity contribution < 1.29 is 9.18 Å². The van der Waals surface area contributed by atoms with Crippen molar-refractivity contribution in [2.75, 3.05) is 0 Å². The van der Waals surface area contributed by atoms with Crippen LogP contribution in [-0.2, 0) is 0 Å². The lowest BCUT2D eigenvalue weighted by atomic mass is 9.96. The van der Waals surface area contributed by atoms with Gasteiger partial charge in [-0.15, -0.1) is 0 Å². The average Bonchev–Trinajstić information content (AvgIpc) is 2.28. The van der Waals surface area contributed by atoms with E-state index in [0.29, 0.717) is 5.56 Å². The van der Waals surface area contributed by atoms with Gasteiger partial charge in [0, 0.05) is 5.56 Å². The lowest BCUT2D eigenvalue weighted by Gasteiger charge is -2.08. The van der Waals surface area contributed by atoms with Crippen molar-refractivity contribution in [2.45, 2.75) is 13.8 Å². The fourth-order valence-electron chi connectivity index (χ4n) is 1.87. The zero-order chi connectivity index (χ0) is 12.4. The predicted octanol–water partition coefficient (Wildman–Crippen LogP) is 4.00. The Kier molecular flexibility index (Phi) is 3.05. The number of ketones is 1. The zero-order valence-electron chi connectivity index (χ0n) is 9.83. The van der Waals surface area contributed by atoms with Crippen LogP contribution in [0.1, 0.15) is 22.8 Å². The average molecular weight is 228 g/mol. The Morgan fingerprint density at radius 3 is 2.53 bits per heavy atom. The molecule has 0 bridgehead atoms. The molecule has 0 aliphatic rings. The topological polar surface area (TPSA) is 17.1 Å². The third kappa shape index (κ3) is 2.41. The largest absolute Gasteiger partial charge is 0.294 e. The number of carbonyl (C=O) groups is 1. The third-order valence-electron chi connectivity index (χ3n) is 2.69. The molecule has 0 aliphatic carbocycles. The first-order valence-electron chi connectivity index (χ1n) is 5.45. The predicted molar refractivity (Wildman–Crippen MR) is 66.6 cm³/mol. The van der Waals surface area contributed by atoms with E-state index in [1.807, 2.05) is 31.2 Å². The summed E-state index contributed by atoms with van der Waals surface area (Å²) in [6.07, 6.45) is 0. The number of carbonyl (C=O) groups excluding carboxylic acids is 1. The van der Waals surface area contributed by atoms with Crippen LogP contribution in [0.15, 0.2) is 42.5 Å². The second-order valence-corrected chi connectivity index (χ2v) is 4.12. The summed E-state index contributed by atoms with van der Waals surface area (Å²) in [6, 6.07) is 12.1. The van der Waals surface area contributed by atoms with Crippen molar-refractivity contribution >= 4 is 5.78 Å². The Labute approximate surface area is 99.9 Å². The van der Waals surface area contributed by atoms with Gasteiger partial charge in [0.15, 0.2) is 5.78 Å². The van der Waals surface area contributed by atoms with Crippen LogP contribution in [0.3, 0.4) is 0 Å². The number of benzene rings is 2. The van der Waals surface area contributed by atoms with Gasteiger partial charge >= 0.3 is 0 Å². The molecule has 2 rings (SSSR count). The highest BCUT2D eigenvalue weighted by molar-refractivity contribution is 6.00. The molecule has 0 radical (unpaired) electrons. The van der Waals surface area contributed by atoms with Gasteiger partial charge in [-0.2, -0.15) is 0 Å². The summed E-state index contributed by atoms with van der Waals surface area (Å²) in [7, 11) is 0. The van der Waals surface area contributed by atoms with Gasteiger partial charge in [0.1, 0.15) is 5.82 Å². The van der Waals surface area contributed by atoms with E-state index in [1.54, 1.807) is 6.07 Å². The molecule has 0 aromatic heterocycles. The van der Waals surface area contributed by atoms with E-state index in [9.17, 15) is 9.18 Å². The Morgan fingerprint density at radius 2 is 1.88 bits per heavy atom. The summed E-state index contributed by atoms with van der Waals surface area (Å²) < 4.78 is 13.2. The van der Waals surface area contributed by atoms with E-state index >= 15 is 0 Å². The first kappa shape index (κ1) is 11.5. The third-order valence-corrected chi connectivity index (χ3v) is 2.69. The van der Waals surface area contributed by atoms with Gasteiger partial charge < -0.3 is 0 Å². The zero-order valence-corrected chi connectivity index (χ0v) is 9.83. The van der Waals surface area contributed by atoms with Crippen LogP contribution >= 0.6 is 0 Å². The highest BCUT2D eigenvalue weighted by Gasteiger charge is 2.10. The molecule has 0 N–H and O–H groups in total. The minimum absolute atomic E-state index is 0.124. The molecule has 0 fully saturated rings. The highest BCUT2D eigenvalue weighted by atomic mass is 19.1. The minimum Gasteiger partial charge on any atom is -0.294 e. The first-order chi connectivity index (χ1) is 8.08. The van der Waals surface area contributed by atoms with E-state index in [0.717, 1.165) is 16.7 Å². The van der Waals surface area contributed by atoms with Crippen LogP contribution in [0.5, 0.6) is 0 Å². The quantitative estimate of drug-likeness (QED) is 0.710. The second kappa shape index (κ2) is 4.50. The van der Waals surface area contributed by atoms with E-state index in [-0.39, 0.29) is 11.6 Å². The molecule has 1 nitrogen and oxygen atoms in total. The molecule has 0 atom stereocenters. The number of aryl methyl sites for hydroxylation is 1. The maximum atomic E-state index is 13.2. The molecule has 0 saturated heterocycles. The van der Waals surface area contributed by atoms with E-state index in [2.05, 4.69) is 0 Å². The molecule has 0 heterocycles. The first-order valence-corrected chi connectivity index (χ1v) is 5.45. The van der Waals surface area contributed by atoms with Crippen LogP contribution in [-0.4, -0.2) is 5.78 Å². The van der Waals surface area contributed by atoms with E-state index in [1.165, 1.54) is 19.1 Å². The molecule has 0 spiro atoms. The molecule has 2 aromatic carbocycles. The molecule has 0 amide bonds. The smallest absolute Gasteiger partial charge is 0.160 e. The van der Waals surface area contributed by atoms with Gasteiger partial charge in [0.2, 0.25) is 0 Å².